The Bertz CT molecular complexity index is 1180. The fourth-order valence-electron chi connectivity index (χ4n) is 3.57. The van der Waals surface area contributed by atoms with Crippen LogP contribution in [0.5, 0.6) is 0 Å². The molecule has 0 aliphatic rings. The van der Waals surface area contributed by atoms with Crippen LogP contribution in [0.1, 0.15) is 24.0 Å². The second kappa shape index (κ2) is 8.82. The van der Waals surface area contributed by atoms with Crippen LogP contribution in [0.3, 0.4) is 0 Å². The lowest BCUT2D eigenvalue weighted by atomic mass is 10.0. The largest absolute Gasteiger partial charge is 0.464 e. The van der Waals surface area contributed by atoms with Gasteiger partial charge in [-0.15, -0.1) is 0 Å². The normalized spacial score (nSPS) is 12.0. The highest BCUT2D eigenvalue weighted by Crippen LogP contribution is 2.30. The Balaban J connectivity index is 1.33. The fourth-order valence-corrected chi connectivity index (χ4v) is 3.57. The average molecular weight is 401 g/mol. The third-order valence-electron chi connectivity index (χ3n) is 5.21. The number of ether oxygens (including phenoxy) is 1. The molecule has 1 heterocycles. The summed E-state index contributed by atoms with van der Waals surface area (Å²) in [5.41, 5.74) is 2.63. The maximum absolute atomic E-state index is 12.3. The minimum Gasteiger partial charge on any atom is -0.464 e. The van der Waals surface area contributed by atoms with Crippen LogP contribution in [0.2, 0.25) is 0 Å². The number of benzene rings is 3. The summed E-state index contributed by atoms with van der Waals surface area (Å²) in [7, 11) is 0. The summed E-state index contributed by atoms with van der Waals surface area (Å²) in [6.07, 6.45) is 1.63. The van der Waals surface area contributed by atoms with Crippen molar-refractivity contribution in [1.29, 1.82) is 0 Å². The van der Waals surface area contributed by atoms with Gasteiger partial charge in [-0.05, 0) is 28.3 Å². The number of hydrogen-bond donors (Lipinski definition) is 1. The van der Waals surface area contributed by atoms with Gasteiger partial charge in [0, 0.05) is 17.5 Å². The maximum Gasteiger partial charge on any atom is 0.310 e. The van der Waals surface area contributed by atoms with Gasteiger partial charge in [0.1, 0.15) is 5.58 Å². The molecular weight excluding hydrogens is 378 g/mol. The molecule has 1 N–H and O–H groups in total. The van der Waals surface area contributed by atoms with Crippen LogP contribution in [0, 0.1) is 0 Å². The predicted molar refractivity (Wildman–Crippen MR) is 116 cm³/mol. The molecule has 4 rings (SSSR count). The molecule has 0 spiro atoms. The molecule has 4 aromatic rings. The second-order valence-corrected chi connectivity index (χ2v) is 7.37. The molecule has 152 valence electrons. The Morgan fingerprint density at radius 1 is 1.00 bits per heavy atom. The van der Waals surface area contributed by atoms with Gasteiger partial charge in [0.15, 0.2) is 6.61 Å². The van der Waals surface area contributed by atoms with Crippen LogP contribution in [0.4, 0.5) is 0 Å². The van der Waals surface area contributed by atoms with Gasteiger partial charge in [0.25, 0.3) is 5.91 Å². The summed E-state index contributed by atoms with van der Waals surface area (Å²) in [5, 5.41) is 5.83. The van der Waals surface area contributed by atoms with Gasteiger partial charge in [-0.25, -0.2) is 0 Å². The minimum atomic E-state index is -0.461. The Hall–Kier alpha value is -3.60. The van der Waals surface area contributed by atoms with E-state index in [4.69, 9.17) is 9.15 Å². The van der Waals surface area contributed by atoms with Crippen molar-refractivity contribution < 1.29 is 18.7 Å². The molecule has 0 aliphatic heterocycles. The molecule has 0 unspecified atom stereocenters. The molecule has 0 saturated heterocycles. The van der Waals surface area contributed by atoms with Crippen molar-refractivity contribution in [1.82, 2.24) is 5.32 Å². The molecule has 1 atom stereocenters. The average Bonchev–Trinajstić information content (AvgIpc) is 3.19. The van der Waals surface area contributed by atoms with E-state index in [0.29, 0.717) is 6.54 Å². The quantitative estimate of drug-likeness (QED) is 0.460. The molecule has 3 aromatic carbocycles. The Morgan fingerprint density at radius 3 is 2.60 bits per heavy atom. The zero-order valence-corrected chi connectivity index (χ0v) is 16.8. The topological polar surface area (TPSA) is 68.5 Å². The number of nitrogens with one attached hydrogen (secondary N) is 1. The van der Waals surface area contributed by atoms with E-state index in [1.165, 1.54) is 0 Å². The third kappa shape index (κ3) is 4.35. The van der Waals surface area contributed by atoms with Gasteiger partial charge < -0.3 is 14.5 Å². The van der Waals surface area contributed by atoms with Crippen molar-refractivity contribution in [2.24, 2.45) is 0 Å². The van der Waals surface area contributed by atoms with E-state index in [9.17, 15) is 9.59 Å². The first kappa shape index (κ1) is 19.7. The van der Waals surface area contributed by atoms with Crippen LogP contribution in [0.25, 0.3) is 21.7 Å². The number of esters is 1. The van der Waals surface area contributed by atoms with Gasteiger partial charge in [-0.3, -0.25) is 9.59 Å². The highest BCUT2D eigenvalue weighted by molar-refractivity contribution is 6.08. The molecule has 0 saturated carbocycles. The van der Waals surface area contributed by atoms with Crippen LogP contribution >= 0.6 is 0 Å². The minimum absolute atomic E-state index is 0.0503. The highest BCUT2D eigenvalue weighted by atomic mass is 16.5. The van der Waals surface area contributed by atoms with E-state index in [1.54, 1.807) is 6.26 Å². The van der Waals surface area contributed by atoms with Crippen molar-refractivity contribution in [3.05, 3.63) is 84.1 Å². The number of amides is 1. The molecule has 1 aromatic heterocycles. The van der Waals surface area contributed by atoms with Gasteiger partial charge >= 0.3 is 5.97 Å². The van der Waals surface area contributed by atoms with Crippen molar-refractivity contribution >= 4 is 33.6 Å². The van der Waals surface area contributed by atoms with Crippen molar-refractivity contribution in [3.63, 3.8) is 0 Å². The number of rotatable bonds is 7. The summed E-state index contributed by atoms with van der Waals surface area (Å²) < 4.78 is 10.8. The van der Waals surface area contributed by atoms with Gasteiger partial charge in [-0.2, -0.15) is 0 Å². The van der Waals surface area contributed by atoms with Crippen LogP contribution < -0.4 is 5.32 Å². The molecule has 5 heteroatoms. The molecule has 0 fully saturated rings. The SMILES string of the molecule is C[C@@H](CNC(=O)COC(=O)Cc1coc2ccc3ccccc3c12)c1ccccc1. The lowest BCUT2D eigenvalue weighted by Gasteiger charge is -2.13. The third-order valence-corrected chi connectivity index (χ3v) is 5.21. The zero-order chi connectivity index (χ0) is 20.9. The maximum atomic E-state index is 12.3. The number of furan rings is 1. The number of carbonyl (C=O) groups excluding carboxylic acids is 2. The number of hydrogen-bond acceptors (Lipinski definition) is 4. The van der Waals surface area contributed by atoms with E-state index in [1.807, 2.05) is 73.7 Å². The second-order valence-electron chi connectivity index (χ2n) is 7.37. The summed E-state index contributed by atoms with van der Waals surface area (Å²) in [6.45, 7) is 2.23. The Kier molecular flexibility index (Phi) is 5.80. The monoisotopic (exact) mass is 401 g/mol. The van der Waals surface area contributed by atoms with E-state index < -0.39 is 5.97 Å². The van der Waals surface area contributed by atoms with Crippen molar-refractivity contribution in [2.45, 2.75) is 19.3 Å². The Labute approximate surface area is 174 Å². The fraction of sp³-hybridized carbons (Fsp3) is 0.200. The first-order valence-corrected chi connectivity index (χ1v) is 9.97. The highest BCUT2D eigenvalue weighted by Gasteiger charge is 2.15. The Morgan fingerprint density at radius 2 is 1.77 bits per heavy atom. The molecular formula is C25H23NO4. The number of fused-ring (bicyclic) bond motifs is 3. The summed E-state index contributed by atoms with van der Waals surface area (Å²) in [6, 6.07) is 21.8. The lowest BCUT2D eigenvalue weighted by molar-refractivity contribution is -0.147. The predicted octanol–water partition coefficient (Wildman–Crippen LogP) is 4.59. The summed E-state index contributed by atoms with van der Waals surface area (Å²) in [4.78, 5) is 24.4. The van der Waals surface area contributed by atoms with Crippen LogP contribution in [-0.4, -0.2) is 25.0 Å². The van der Waals surface area contributed by atoms with Crippen molar-refractivity contribution in [2.75, 3.05) is 13.2 Å². The van der Waals surface area contributed by atoms with Crippen LogP contribution in [0.15, 0.2) is 77.4 Å². The van der Waals surface area contributed by atoms with Gasteiger partial charge in [0.05, 0.1) is 12.7 Å². The van der Waals surface area contributed by atoms with E-state index in [0.717, 1.165) is 32.9 Å². The number of carbonyl (C=O) groups is 2. The molecule has 5 nitrogen and oxygen atoms in total. The standard InChI is InChI=1S/C25H23NO4/c1-17(18-7-3-2-4-8-18)14-26-23(27)16-30-24(28)13-20-15-29-22-12-11-19-9-5-6-10-21(19)25(20)22/h2-12,15,17H,13-14,16H2,1H3,(H,26,27)/t17-/m0/s1. The zero-order valence-electron chi connectivity index (χ0n) is 16.8. The summed E-state index contributed by atoms with van der Waals surface area (Å²) in [5.74, 6) is -0.595. The first-order valence-electron chi connectivity index (χ1n) is 9.97. The molecule has 0 radical (unpaired) electrons. The van der Waals surface area contributed by atoms with E-state index in [2.05, 4.69) is 5.32 Å². The lowest BCUT2D eigenvalue weighted by Crippen LogP contribution is -2.31. The van der Waals surface area contributed by atoms with Gasteiger partial charge in [0.2, 0.25) is 0 Å². The van der Waals surface area contributed by atoms with Gasteiger partial charge in [-0.1, -0.05) is 67.6 Å². The van der Waals surface area contributed by atoms with E-state index in [-0.39, 0.29) is 24.9 Å². The van der Waals surface area contributed by atoms with Crippen molar-refractivity contribution in [3.8, 4) is 0 Å². The molecule has 0 aliphatic carbocycles. The molecule has 30 heavy (non-hydrogen) atoms. The summed E-state index contributed by atoms with van der Waals surface area (Å²) >= 11 is 0. The first-order chi connectivity index (χ1) is 14.6. The van der Waals surface area contributed by atoms with Crippen LogP contribution in [-0.2, 0) is 20.7 Å². The van der Waals surface area contributed by atoms with E-state index >= 15 is 0 Å². The molecule has 1 amide bonds. The molecule has 0 bridgehead atoms. The smallest absolute Gasteiger partial charge is 0.310 e.